The maximum Gasteiger partial charge on any atom is 0.302 e. The van der Waals surface area contributed by atoms with Crippen LogP contribution >= 0.6 is 0 Å². The van der Waals surface area contributed by atoms with Crippen LogP contribution in [-0.4, -0.2) is 41.3 Å². The molecule has 4 heteroatoms. The third-order valence-corrected chi connectivity index (χ3v) is 4.11. The van der Waals surface area contributed by atoms with Gasteiger partial charge in [-0.05, 0) is 32.3 Å². The summed E-state index contributed by atoms with van der Waals surface area (Å²) in [5.41, 5.74) is 3.75. The van der Waals surface area contributed by atoms with E-state index in [2.05, 4.69) is 36.9 Å². The molecule has 1 N–H and O–H groups in total. The maximum atomic E-state index is 11.0. The molecule has 1 aromatic rings. The molecule has 1 heterocycles. The van der Waals surface area contributed by atoms with E-state index in [1.54, 1.807) is 0 Å². The van der Waals surface area contributed by atoms with Crippen molar-refractivity contribution in [2.45, 2.75) is 52.2 Å². The van der Waals surface area contributed by atoms with Crippen molar-refractivity contribution in [2.24, 2.45) is 0 Å². The molecule has 0 amide bonds. The molecule has 116 valence electrons. The van der Waals surface area contributed by atoms with Crippen LogP contribution in [0.15, 0.2) is 18.2 Å². The van der Waals surface area contributed by atoms with Crippen LogP contribution in [0.1, 0.15) is 36.5 Å². The van der Waals surface area contributed by atoms with Crippen LogP contribution < -0.4 is 0 Å². The summed E-state index contributed by atoms with van der Waals surface area (Å²) in [7, 11) is 0. The number of aryl methyl sites for hydroxylation is 2. The number of hydrogen-bond donors (Lipinski definition) is 1. The lowest BCUT2D eigenvalue weighted by atomic mass is 10.1. The number of aliphatic hydroxyl groups is 1. The zero-order chi connectivity index (χ0) is 15.4. The number of esters is 1. The molecule has 1 aliphatic heterocycles. The first-order valence-electron chi connectivity index (χ1n) is 7.56. The summed E-state index contributed by atoms with van der Waals surface area (Å²) in [6.45, 7) is 6.99. The van der Waals surface area contributed by atoms with Gasteiger partial charge < -0.3 is 9.84 Å². The Morgan fingerprint density at radius 1 is 1.24 bits per heavy atom. The Balaban J connectivity index is 2.10. The highest BCUT2D eigenvalue weighted by Crippen LogP contribution is 2.27. The average molecular weight is 291 g/mol. The Labute approximate surface area is 126 Å². The Bertz CT molecular complexity index is 481. The molecule has 1 aromatic carbocycles. The van der Waals surface area contributed by atoms with Crippen molar-refractivity contribution < 1.29 is 14.6 Å². The van der Waals surface area contributed by atoms with E-state index in [0.717, 1.165) is 19.4 Å². The van der Waals surface area contributed by atoms with Crippen LogP contribution in [0.3, 0.4) is 0 Å². The van der Waals surface area contributed by atoms with Gasteiger partial charge in [-0.25, -0.2) is 0 Å². The summed E-state index contributed by atoms with van der Waals surface area (Å²) >= 11 is 0. The van der Waals surface area contributed by atoms with Crippen molar-refractivity contribution >= 4 is 5.97 Å². The Kier molecular flexibility index (Phi) is 5.37. The first-order chi connectivity index (χ1) is 9.99. The van der Waals surface area contributed by atoms with E-state index in [0.29, 0.717) is 6.61 Å². The molecule has 21 heavy (non-hydrogen) atoms. The third-order valence-electron chi connectivity index (χ3n) is 4.11. The monoisotopic (exact) mass is 291 g/mol. The van der Waals surface area contributed by atoms with Gasteiger partial charge in [-0.1, -0.05) is 29.3 Å². The van der Waals surface area contributed by atoms with E-state index in [1.165, 1.54) is 23.6 Å². The summed E-state index contributed by atoms with van der Waals surface area (Å²) in [4.78, 5) is 13.3. The van der Waals surface area contributed by atoms with Crippen molar-refractivity contribution in [3.8, 4) is 0 Å². The first kappa shape index (κ1) is 16.0. The summed E-state index contributed by atoms with van der Waals surface area (Å²) < 4.78 is 5.17. The van der Waals surface area contributed by atoms with E-state index in [1.807, 2.05) is 0 Å². The van der Waals surface area contributed by atoms with Gasteiger partial charge in [0, 0.05) is 25.6 Å². The Morgan fingerprint density at radius 2 is 1.86 bits per heavy atom. The van der Waals surface area contributed by atoms with E-state index in [9.17, 15) is 9.90 Å². The highest BCUT2D eigenvalue weighted by Gasteiger charge is 2.33. The predicted molar refractivity (Wildman–Crippen MR) is 82.0 cm³/mol. The number of ether oxygens (including phenoxy) is 1. The number of likely N-dealkylation sites (tertiary alicyclic amines) is 1. The van der Waals surface area contributed by atoms with E-state index in [-0.39, 0.29) is 24.7 Å². The lowest BCUT2D eigenvalue weighted by molar-refractivity contribution is -0.142. The second-order valence-corrected chi connectivity index (χ2v) is 6.04. The van der Waals surface area contributed by atoms with Gasteiger partial charge in [0.25, 0.3) is 0 Å². The molecule has 1 aliphatic rings. The van der Waals surface area contributed by atoms with Crippen LogP contribution in [0.2, 0.25) is 0 Å². The smallest absolute Gasteiger partial charge is 0.302 e. The molecule has 1 fully saturated rings. The van der Waals surface area contributed by atoms with Gasteiger partial charge in [-0.3, -0.25) is 9.69 Å². The number of nitrogens with zero attached hydrogens (tertiary/aromatic N) is 1. The van der Waals surface area contributed by atoms with Gasteiger partial charge in [0.15, 0.2) is 0 Å². The van der Waals surface area contributed by atoms with Gasteiger partial charge in [0.05, 0.1) is 6.61 Å². The molecule has 0 saturated carbocycles. The van der Waals surface area contributed by atoms with Crippen molar-refractivity contribution in [1.29, 1.82) is 0 Å². The molecule has 0 spiro atoms. The summed E-state index contributed by atoms with van der Waals surface area (Å²) in [6.07, 6.45) is 1.91. The molecule has 4 nitrogen and oxygen atoms in total. The van der Waals surface area contributed by atoms with Crippen LogP contribution in [0.4, 0.5) is 0 Å². The molecule has 0 aromatic heterocycles. The highest BCUT2D eigenvalue weighted by molar-refractivity contribution is 5.65. The fourth-order valence-corrected chi connectivity index (χ4v) is 3.23. The largest absolute Gasteiger partial charge is 0.464 e. The molecule has 2 rings (SSSR count). The second kappa shape index (κ2) is 7.05. The molecule has 2 atom stereocenters. The number of aliphatic hydroxyl groups excluding tert-OH is 1. The van der Waals surface area contributed by atoms with Gasteiger partial charge in [0.1, 0.15) is 6.61 Å². The molecule has 0 aliphatic carbocycles. The average Bonchev–Trinajstić information content (AvgIpc) is 2.77. The quantitative estimate of drug-likeness (QED) is 0.845. The minimum absolute atomic E-state index is 0.154. The van der Waals surface area contributed by atoms with Crippen LogP contribution in [0.5, 0.6) is 0 Å². The van der Waals surface area contributed by atoms with Crippen molar-refractivity contribution in [1.82, 2.24) is 4.90 Å². The normalized spacial score (nSPS) is 22.5. The Morgan fingerprint density at radius 3 is 2.43 bits per heavy atom. The predicted octanol–water partition coefficient (Wildman–Crippen LogP) is 2.19. The molecular formula is C17H25NO3. The van der Waals surface area contributed by atoms with Crippen LogP contribution in [0, 0.1) is 13.8 Å². The van der Waals surface area contributed by atoms with Crippen molar-refractivity contribution in [2.75, 3.05) is 13.2 Å². The minimum Gasteiger partial charge on any atom is -0.464 e. The SMILES string of the molecule is CC(=O)OC[C@@H]1CC[C@@H](CO)N1Cc1cc(C)cc(C)c1. The zero-order valence-corrected chi connectivity index (χ0v) is 13.1. The molecular weight excluding hydrogens is 266 g/mol. The van der Waals surface area contributed by atoms with Gasteiger partial charge >= 0.3 is 5.97 Å². The lowest BCUT2D eigenvalue weighted by Gasteiger charge is -2.29. The summed E-state index contributed by atoms with van der Waals surface area (Å²) in [5.74, 6) is -0.242. The number of carbonyl (C=O) groups excluding carboxylic acids is 1. The molecule has 0 bridgehead atoms. The minimum atomic E-state index is -0.242. The third kappa shape index (κ3) is 4.29. The van der Waals surface area contributed by atoms with Crippen molar-refractivity contribution in [3.63, 3.8) is 0 Å². The van der Waals surface area contributed by atoms with Crippen molar-refractivity contribution in [3.05, 3.63) is 34.9 Å². The fourth-order valence-electron chi connectivity index (χ4n) is 3.23. The number of hydrogen-bond acceptors (Lipinski definition) is 4. The molecule has 0 radical (unpaired) electrons. The van der Waals surface area contributed by atoms with E-state index >= 15 is 0 Å². The second-order valence-electron chi connectivity index (χ2n) is 6.04. The number of benzene rings is 1. The van der Waals surface area contributed by atoms with E-state index in [4.69, 9.17) is 4.74 Å². The summed E-state index contributed by atoms with van der Waals surface area (Å²) in [5, 5.41) is 9.57. The maximum absolute atomic E-state index is 11.0. The highest BCUT2D eigenvalue weighted by atomic mass is 16.5. The zero-order valence-electron chi connectivity index (χ0n) is 13.1. The van der Waals surface area contributed by atoms with Crippen LogP contribution in [-0.2, 0) is 16.1 Å². The van der Waals surface area contributed by atoms with Gasteiger partial charge in [0.2, 0.25) is 0 Å². The fraction of sp³-hybridized carbons (Fsp3) is 0.588. The van der Waals surface area contributed by atoms with Crippen LogP contribution in [0.25, 0.3) is 0 Å². The topological polar surface area (TPSA) is 49.8 Å². The Hall–Kier alpha value is -1.39. The summed E-state index contributed by atoms with van der Waals surface area (Å²) in [6, 6.07) is 6.89. The first-order valence-corrected chi connectivity index (χ1v) is 7.56. The molecule has 0 unspecified atom stereocenters. The van der Waals surface area contributed by atoms with E-state index < -0.39 is 0 Å². The van der Waals surface area contributed by atoms with Gasteiger partial charge in [-0.2, -0.15) is 0 Å². The standard InChI is InChI=1S/C17H25NO3/c1-12-6-13(2)8-15(7-12)9-18-16(10-19)4-5-17(18)11-21-14(3)20/h6-8,16-17,19H,4-5,9-11H2,1-3H3/t16-,17-/m0/s1. The van der Waals surface area contributed by atoms with Gasteiger partial charge in [-0.15, -0.1) is 0 Å². The lowest BCUT2D eigenvalue weighted by Crippen LogP contribution is -2.40. The molecule has 1 saturated heterocycles. The number of carbonyl (C=O) groups is 1. The number of rotatable bonds is 5.